The molecule has 0 unspecified atom stereocenters. The second-order valence-corrected chi connectivity index (χ2v) is 8.48. The third-order valence-corrected chi connectivity index (χ3v) is 6.96. The maximum absolute atomic E-state index is 12.4. The Bertz CT molecular complexity index is 853. The molecule has 0 aromatic heterocycles. The van der Waals surface area contributed by atoms with Crippen LogP contribution < -0.4 is 5.11 Å². The van der Waals surface area contributed by atoms with Crippen molar-refractivity contribution >= 4 is 23.7 Å². The summed E-state index contributed by atoms with van der Waals surface area (Å²) in [5.74, 6) is -0.107. The fraction of sp³-hybridized carbons (Fsp3) is 0.478. The molecule has 0 bridgehead atoms. The lowest BCUT2D eigenvalue weighted by Crippen LogP contribution is -2.40. The number of carbonyl (C=O) groups is 2. The first-order valence-electron chi connectivity index (χ1n) is 9.59. The molecular weight excluding hydrogens is 376 g/mol. The summed E-state index contributed by atoms with van der Waals surface area (Å²) in [6.07, 6.45) is 8.07. The summed E-state index contributed by atoms with van der Waals surface area (Å²) in [7, 11) is 0. The van der Waals surface area contributed by atoms with Gasteiger partial charge in [0.15, 0.2) is 6.29 Å². The van der Waals surface area contributed by atoms with Gasteiger partial charge >= 0.3 is 0 Å². The minimum atomic E-state index is -0.456. The van der Waals surface area contributed by atoms with E-state index < -0.39 is 5.75 Å². The third-order valence-electron chi connectivity index (χ3n) is 6.50. The Balaban J connectivity index is 2.28. The van der Waals surface area contributed by atoms with Crippen LogP contribution in [0.25, 0.3) is 0 Å². The molecule has 1 N–H and O–H groups in total. The van der Waals surface area contributed by atoms with Gasteiger partial charge in [-0.2, -0.15) is 0 Å². The molecule has 152 valence electrons. The first-order chi connectivity index (χ1) is 13.0. The highest BCUT2D eigenvalue weighted by Gasteiger charge is 2.41. The number of phenolic OH excluding ortho intramolecular Hbond substituents is 1. The second kappa shape index (κ2) is 8.52. The van der Waals surface area contributed by atoms with Crippen LogP contribution in [0, 0.1) is 24.2 Å². The minimum absolute atomic E-state index is 0.0348. The van der Waals surface area contributed by atoms with Crippen molar-refractivity contribution in [2.75, 3.05) is 0 Å². The zero-order valence-corrected chi connectivity index (χ0v) is 17.9. The number of aromatic hydroxyl groups is 1. The Labute approximate surface area is 171 Å². The van der Waals surface area contributed by atoms with E-state index in [9.17, 15) is 19.8 Å². The van der Waals surface area contributed by atoms with Crippen LogP contribution in [-0.4, -0.2) is 17.2 Å². The van der Waals surface area contributed by atoms with Crippen LogP contribution in [0.4, 0.5) is 0 Å². The summed E-state index contributed by atoms with van der Waals surface area (Å²) in [5, 5.41) is 22.6. The first-order valence-corrected chi connectivity index (χ1v) is 9.97. The van der Waals surface area contributed by atoms with Crippen LogP contribution in [-0.2, 0) is 11.2 Å². The molecule has 1 aromatic rings. The smallest absolute Gasteiger partial charge is 0.154 e. The molecule has 0 aliphatic heterocycles. The summed E-state index contributed by atoms with van der Waals surface area (Å²) < 4.78 is 0. The van der Waals surface area contributed by atoms with Crippen molar-refractivity contribution in [1.29, 1.82) is 0 Å². The van der Waals surface area contributed by atoms with E-state index in [2.05, 4.69) is 19.9 Å². The molecule has 3 atom stereocenters. The number of aldehydes is 1. The molecule has 0 spiro atoms. The Morgan fingerprint density at radius 2 is 2.04 bits per heavy atom. The monoisotopic (exact) mass is 403 g/mol. The molecular formula is C23H28ClO4-. The summed E-state index contributed by atoms with van der Waals surface area (Å²) >= 11 is 6.03. The molecule has 0 heterocycles. The second-order valence-electron chi connectivity index (χ2n) is 8.11. The van der Waals surface area contributed by atoms with Crippen molar-refractivity contribution in [3.63, 3.8) is 0 Å². The number of hydrogen-bond donors (Lipinski definition) is 1. The summed E-state index contributed by atoms with van der Waals surface area (Å²) in [6.45, 7) is 9.70. The summed E-state index contributed by atoms with van der Waals surface area (Å²) in [5.41, 5.74) is 1.15. The number of rotatable bonds is 5. The summed E-state index contributed by atoms with van der Waals surface area (Å²) in [6, 6.07) is 0. The number of ketones is 1. The normalized spacial score (nSPS) is 26.1. The van der Waals surface area contributed by atoms with E-state index in [-0.39, 0.29) is 39.7 Å². The van der Waals surface area contributed by atoms with Gasteiger partial charge in [0.1, 0.15) is 11.5 Å². The number of carbonyl (C=O) groups excluding carboxylic acids is 2. The highest BCUT2D eigenvalue weighted by molar-refractivity contribution is 6.33. The Morgan fingerprint density at radius 3 is 2.64 bits per heavy atom. The molecule has 28 heavy (non-hydrogen) atoms. The van der Waals surface area contributed by atoms with E-state index in [1.165, 1.54) is 6.92 Å². The van der Waals surface area contributed by atoms with E-state index >= 15 is 0 Å². The van der Waals surface area contributed by atoms with Gasteiger partial charge in [-0.25, -0.2) is 0 Å². The SMILES string of the molecule is CC(/C=C/[C@@]1(C)[C@H](C)CCC(=O)[C@@H]1C)=C\Cc1c([O-])c(Cl)c(C)c(C=O)c1O. The van der Waals surface area contributed by atoms with Crippen molar-refractivity contribution in [3.05, 3.63) is 45.5 Å². The Hall–Kier alpha value is -2.07. The number of Topliss-reactive ketones (excluding diaryl/α,β-unsaturated/α-hetero) is 1. The number of hydrogen-bond acceptors (Lipinski definition) is 4. The van der Waals surface area contributed by atoms with Crippen molar-refractivity contribution in [3.8, 4) is 11.5 Å². The quantitative estimate of drug-likeness (QED) is 0.558. The Morgan fingerprint density at radius 1 is 1.39 bits per heavy atom. The third kappa shape index (κ3) is 4.02. The zero-order valence-electron chi connectivity index (χ0n) is 17.1. The number of halogens is 1. The molecule has 5 heteroatoms. The van der Waals surface area contributed by atoms with Crippen molar-refractivity contribution in [1.82, 2.24) is 0 Å². The van der Waals surface area contributed by atoms with E-state index in [0.29, 0.717) is 30.0 Å². The van der Waals surface area contributed by atoms with E-state index in [1.54, 1.807) is 0 Å². The maximum atomic E-state index is 12.4. The van der Waals surface area contributed by atoms with Gasteiger partial charge in [-0.3, -0.25) is 9.59 Å². The van der Waals surface area contributed by atoms with Gasteiger partial charge in [-0.15, -0.1) is 0 Å². The van der Waals surface area contributed by atoms with Crippen LogP contribution in [0.2, 0.25) is 5.02 Å². The standard InChI is InChI=1S/C23H29ClO4/c1-13(10-11-23(5)14(2)7-9-19(26)16(23)4)6-8-17-21(27)18(12-25)15(3)20(24)22(17)28/h6,10-12,14,16,27-28H,7-9H2,1-5H3/p-1/b11-10+,13-6+/t14-,16+,23+/m1/s1. The molecule has 0 radical (unpaired) electrons. The van der Waals surface area contributed by atoms with Crippen molar-refractivity contribution < 1.29 is 19.8 Å². The first kappa shape index (κ1) is 22.2. The average Bonchev–Trinajstić information content (AvgIpc) is 2.66. The van der Waals surface area contributed by atoms with Gasteiger partial charge in [0.25, 0.3) is 0 Å². The largest absolute Gasteiger partial charge is 0.871 e. The predicted molar refractivity (Wildman–Crippen MR) is 110 cm³/mol. The molecule has 1 aromatic carbocycles. The van der Waals surface area contributed by atoms with Crippen LogP contribution >= 0.6 is 11.6 Å². The van der Waals surface area contributed by atoms with Crippen LogP contribution in [0.15, 0.2) is 23.8 Å². The van der Waals surface area contributed by atoms with Crippen molar-refractivity contribution in [2.24, 2.45) is 17.3 Å². The Kier molecular flexibility index (Phi) is 6.76. The lowest BCUT2D eigenvalue weighted by atomic mass is 9.61. The molecule has 0 saturated heterocycles. The molecule has 1 aliphatic carbocycles. The number of phenols is 1. The average molecular weight is 404 g/mol. The molecule has 2 rings (SSSR count). The van der Waals surface area contributed by atoms with Gasteiger partial charge in [0.05, 0.1) is 5.56 Å². The lowest BCUT2D eigenvalue weighted by Gasteiger charge is -2.42. The minimum Gasteiger partial charge on any atom is -0.871 e. The zero-order chi connectivity index (χ0) is 21.2. The topological polar surface area (TPSA) is 77.4 Å². The van der Waals surface area contributed by atoms with Crippen molar-refractivity contribution in [2.45, 2.75) is 53.9 Å². The highest BCUT2D eigenvalue weighted by Crippen LogP contribution is 2.45. The lowest BCUT2D eigenvalue weighted by molar-refractivity contribution is -0.269. The molecule has 4 nitrogen and oxygen atoms in total. The van der Waals surface area contributed by atoms with Crippen LogP contribution in [0.3, 0.4) is 0 Å². The number of allylic oxidation sites excluding steroid dienone is 4. The number of benzene rings is 1. The van der Waals surface area contributed by atoms with Crippen LogP contribution in [0.1, 0.15) is 62.0 Å². The molecule has 1 saturated carbocycles. The highest BCUT2D eigenvalue weighted by atomic mass is 35.5. The van der Waals surface area contributed by atoms with Crippen LogP contribution in [0.5, 0.6) is 11.5 Å². The van der Waals surface area contributed by atoms with E-state index in [4.69, 9.17) is 11.6 Å². The fourth-order valence-electron chi connectivity index (χ4n) is 3.81. The molecule has 1 aliphatic rings. The fourth-order valence-corrected chi connectivity index (χ4v) is 4.03. The van der Waals surface area contributed by atoms with Gasteiger partial charge in [0.2, 0.25) is 0 Å². The molecule has 1 fully saturated rings. The summed E-state index contributed by atoms with van der Waals surface area (Å²) in [4.78, 5) is 23.4. The van der Waals surface area contributed by atoms with E-state index in [0.717, 1.165) is 12.0 Å². The van der Waals surface area contributed by atoms with Gasteiger partial charge in [-0.05, 0) is 49.1 Å². The van der Waals surface area contributed by atoms with Gasteiger partial charge in [-0.1, -0.05) is 61.9 Å². The van der Waals surface area contributed by atoms with Gasteiger partial charge < -0.3 is 10.2 Å². The van der Waals surface area contributed by atoms with E-state index in [1.807, 2.05) is 26.0 Å². The predicted octanol–water partition coefficient (Wildman–Crippen LogP) is 4.93. The molecule has 0 amide bonds. The maximum Gasteiger partial charge on any atom is 0.154 e. The van der Waals surface area contributed by atoms with Gasteiger partial charge in [0, 0.05) is 17.4 Å².